The Labute approximate surface area is 192 Å². The van der Waals surface area contributed by atoms with Crippen molar-refractivity contribution in [3.8, 4) is 0 Å². The van der Waals surface area contributed by atoms with Crippen molar-refractivity contribution in [2.75, 3.05) is 26.2 Å². The molecule has 1 N–H and O–H groups in total. The van der Waals surface area contributed by atoms with E-state index in [4.69, 9.17) is 0 Å². The first-order valence-electron chi connectivity index (χ1n) is 10.5. The van der Waals surface area contributed by atoms with Crippen molar-refractivity contribution >= 4 is 38.9 Å². The fourth-order valence-corrected chi connectivity index (χ4v) is 5.54. The number of nitrogens with one attached hydrogen (secondary N) is 1. The molecule has 0 radical (unpaired) electrons. The minimum Gasteiger partial charge on any atom is -0.339 e. The van der Waals surface area contributed by atoms with Crippen LogP contribution in [0.15, 0.2) is 46.7 Å². The second-order valence-electron chi connectivity index (χ2n) is 7.64. The van der Waals surface area contributed by atoms with Gasteiger partial charge in [-0.25, -0.2) is 8.42 Å². The molecule has 10 heteroatoms. The van der Waals surface area contributed by atoms with Crippen molar-refractivity contribution in [1.82, 2.24) is 15.1 Å². The summed E-state index contributed by atoms with van der Waals surface area (Å²) < 4.78 is 26.7. The zero-order chi connectivity index (χ0) is 23.3. The zero-order valence-corrected chi connectivity index (χ0v) is 19.7. The number of aryl methyl sites for hydroxylation is 1. The molecule has 1 fully saturated rings. The van der Waals surface area contributed by atoms with E-state index in [9.17, 15) is 22.8 Å². The molecule has 2 heterocycles. The second-order valence-corrected chi connectivity index (χ2v) is 10.6. The van der Waals surface area contributed by atoms with Crippen LogP contribution in [0.2, 0.25) is 0 Å². The van der Waals surface area contributed by atoms with Gasteiger partial charge in [0.15, 0.2) is 0 Å². The lowest BCUT2D eigenvalue weighted by Gasteiger charge is -2.36. The van der Waals surface area contributed by atoms with Crippen LogP contribution in [0.5, 0.6) is 0 Å². The zero-order valence-electron chi connectivity index (χ0n) is 18.1. The Morgan fingerprint density at radius 1 is 1.03 bits per heavy atom. The molecule has 172 valence electrons. The van der Waals surface area contributed by atoms with Gasteiger partial charge in [0.25, 0.3) is 11.8 Å². The molecule has 1 aromatic heterocycles. The largest absolute Gasteiger partial charge is 0.339 e. The summed E-state index contributed by atoms with van der Waals surface area (Å²) in [6.07, 6.45) is 1.18. The van der Waals surface area contributed by atoms with Gasteiger partial charge in [0.2, 0.25) is 21.1 Å². The maximum absolute atomic E-state index is 13.4. The minimum absolute atomic E-state index is 0.0226. The third kappa shape index (κ3) is 5.36. The van der Waals surface area contributed by atoms with Gasteiger partial charge in [-0.3, -0.25) is 14.4 Å². The maximum atomic E-state index is 13.4. The van der Waals surface area contributed by atoms with Crippen LogP contribution in [0, 0.1) is 6.92 Å². The number of amides is 3. The van der Waals surface area contributed by atoms with Crippen LogP contribution in [0.3, 0.4) is 0 Å². The Balaban J connectivity index is 1.84. The normalized spacial score (nSPS) is 15.3. The number of piperazine rings is 1. The highest BCUT2D eigenvalue weighted by Gasteiger charge is 2.39. The first-order valence-corrected chi connectivity index (χ1v) is 12.9. The molecule has 32 heavy (non-hydrogen) atoms. The Kier molecular flexibility index (Phi) is 7.68. The molecule has 1 aliphatic heterocycles. The first kappa shape index (κ1) is 23.9. The first-order chi connectivity index (χ1) is 15.2. The highest BCUT2D eigenvalue weighted by molar-refractivity contribution is 7.92. The minimum atomic E-state index is -4.19. The Morgan fingerprint density at radius 3 is 2.22 bits per heavy atom. The molecule has 0 bridgehead atoms. The van der Waals surface area contributed by atoms with Crippen LogP contribution >= 0.6 is 11.3 Å². The highest BCUT2D eigenvalue weighted by Crippen LogP contribution is 2.20. The van der Waals surface area contributed by atoms with Crippen molar-refractivity contribution < 1.29 is 22.8 Å². The van der Waals surface area contributed by atoms with Crippen LogP contribution in [-0.2, 0) is 19.4 Å². The molecule has 1 aromatic carbocycles. The van der Waals surface area contributed by atoms with E-state index in [1.54, 1.807) is 34.5 Å². The molecule has 3 rings (SSSR count). The Bertz CT molecular complexity index is 1060. The van der Waals surface area contributed by atoms with Gasteiger partial charge in [-0.1, -0.05) is 30.7 Å². The van der Waals surface area contributed by atoms with Gasteiger partial charge in [0.05, 0.1) is 9.77 Å². The predicted octanol–water partition coefficient (Wildman–Crippen LogP) is 2.06. The lowest BCUT2D eigenvalue weighted by Crippen LogP contribution is -2.57. The van der Waals surface area contributed by atoms with Crippen molar-refractivity contribution in [2.45, 2.75) is 37.0 Å². The number of hydrogen-bond donors (Lipinski definition) is 1. The summed E-state index contributed by atoms with van der Waals surface area (Å²) in [7, 11) is -4.19. The third-order valence-corrected chi connectivity index (χ3v) is 8.04. The van der Waals surface area contributed by atoms with Crippen molar-refractivity contribution in [2.24, 2.45) is 0 Å². The SMILES string of the molecule is CCCC(=O)N1CCN(C(=O)[C@@H](NC(=O)c2cccs2)S(=O)(=O)c2ccc(C)cc2)CC1. The average molecular weight is 478 g/mol. The molecular formula is C22H27N3O5S2. The monoisotopic (exact) mass is 477 g/mol. The quantitative estimate of drug-likeness (QED) is 0.657. The summed E-state index contributed by atoms with van der Waals surface area (Å²) in [4.78, 5) is 41.5. The van der Waals surface area contributed by atoms with Crippen LogP contribution in [-0.4, -0.2) is 67.5 Å². The lowest BCUT2D eigenvalue weighted by atomic mass is 10.2. The van der Waals surface area contributed by atoms with E-state index in [2.05, 4.69) is 5.32 Å². The fraction of sp³-hybridized carbons (Fsp3) is 0.409. The number of carbonyl (C=O) groups excluding carboxylic acids is 3. The molecule has 1 atom stereocenters. The van der Waals surface area contributed by atoms with E-state index in [-0.39, 0.29) is 23.9 Å². The summed E-state index contributed by atoms with van der Waals surface area (Å²) in [6.45, 7) is 4.85. The molecule has 0 saturated carbocycles. The van der Waals surface area contributed by atoms with Gasteiger partial charge < -0.3 is 15.1 Å². The standard InChI is InChI=1S/C22H27N3O5S2/c1-3-5-19(26)24-11-13-25(14-12-24)22(28)21(23-20(27)18-6-4-15-31-18)32(29,30)17-9-7-16(2)8-10-17/h4,6-10,15,21H,3,5,11-14H2,1-2H3,(H,23,27)/t21-/m0/s1. The van der Waals surface area contributed by atoms with Crippen molar-refractivity contribution in [3.63, 3.8) is 0 Å². The number of benzene rings is 1. The fourth-order valence-electron chi connectivity index (χ4n) is 3.45. The molecule has 8 nitrogen and oxygen atoms in total. The van der Waals surface area contributed by atoms with Crippen LogP contribution in [0.25, 0.3) is 0 Å². The van der Waals surface area contributed by atoms with Gasteiger partial charge in [0, 0.05) is 32.6 Å². The summed E-state index contributed by atoms with van der Waals surface area (Å²) in [5.74, 6) is -1.29. The van der Waals surface area contributed by atoms with Crippen LogP contribution < -0.4 is 5.32 Å². The van der Waals surface area contributed by atoms with Gasteiger partial charge in [-0.15, -0.1) is 11.3 Å². The van der Waals surface area contributed by atoms with E-state index in [0.717, 1.165) is 23.3 Å². The molecule has 1 aliphatic rings. The Hall–Kier alpha value is -2.72. The van der Waals surface area contributed by atoms with Gasteiger partial charge in [0.1, 0.15) is 0 Å². The van der Waals surface area contributed by atoms with E-state index in [0.29, 0.717) is 24.4 Å². The number of hydrogen-bond acceptors (Lipinski definition) is 6. The van der Waals surface area contributed by atoms with Crippen LogP contribution in [0.4, 0.5) is 0 Å². The van der Waals surface area contributed by atoms with Gasteiger partial charge >= 0.3 is 0 Å². The number of carbonyl (C=O) groups is 3. The van der Waals surface area contributed by atoms with E-state index >= 15 is 0 Å². The summed E-state index contributed by atoms with van der Waals surface area (Å²) >= 11 is 1.16. The number of rotatable bonds is 7. The summed E-state index contributed by atoms with van der Waals surface area (Å²) in [5.41, 5.74) is 0.877. The number of thiophene rings is 1. The molecule has 2 aromatic rings. The Morgan fingerprint density at radius 2 is 1.66 bits per heavy atom. The summed E-state index contributed by atoms with van der Waals surface area (Å²) in [5, 5.41) is 2.38. The molecule has 1 saturated heterocycles. The molecular weight excluding hydrogens is 450 g/mol. The molecule has 3 amide bonds. The lowest BCUT2D eigenvalue weighted by molar-refractivity contribution is -0.139. The molecule has 0 unspecified atom stereocenters. The smallest absolute Gasteiger partial charge is 0.262 e. The van der Waals surface area contributed by atoms with Gasteiger partial charge in [-0.2, -0.15) is 0 Å². The van der Waals surface area contributed by atoms with Crippen molar-refractivity contribution in [1.29, 1.82) is 0 Å². The molecule has 0 spiro atoms. The highest BCUT2D eigenvalue weighted by atomic mass is 32.2. The second kappa shape index (κ2) is 10.3. The van der Waals surface area contributed by atoms with Crippen molar-refractivity contribution in [3.05, 3.63) is 52.2 Å². The molecule has 0 aliphatic carbocycles. The van der Waals surface area contributed by atoms with E-state index < -0.39 is 27.0 Å². The van der Waals surface area contributed by atoms with Gasteiger partial charge in [-0.05, 0) is 36.9 Å². The maximum Gasteiger partial charge on any atom is 0.262 e. The number of nitrogens with zero attached hydrogens (tertiary/aromatic N) is 2. The third-order valence-electron chi connectivity index (χ3n) is 5.30. The number of sulfone groups is 1. The summed E-state index contributed by atoms with van der Waals surface area (Å²) in [6, 6.07) is 9.41. The van der Waals surface area contributed by atoms with Crippen LogP contribution in [0.1, 0.15) is 35.0 Å². The topological polar surface area (TPSA) is 104 Å². The van der Waals surface area contributed by atoms with E-state index in [1.807, 2.05) is 13.8 Å². The average Bonchev–Trinajstić information content (AvgIpc) is 3.32. The predicted molar refractivity (Wildman–Crippen MR) is 122 cm³/mol. The van der Waals surface area contributed by atoms with E-state index in [1.165, 1.54) is 17.0 Å².